The molecule has 1 heterocycles. The predicted molar refractivity (Wildman–Crippen MR) is 102 cm³/mol. The van der Waals surface area contributed by atoms with E-state index in [1.54, 1.807) is 48.7 Å². The van der Waals surface area contributed by atoms with Gasteiger partial charge in [0.1, 0.15) is 11.5 Å². The first-order valence-corrected chi connectivity index (χ1v) is 10.7. The third-order valence-corrected chi connectivity index (χ3v) is 4.60. The van der Waals surface area contributed by atoms with Gasteiger partial charge in [-0.2, -0.15) is 0 Å². The van der Waals surface area contributed by atoms with Crippen molar-refractivity contribution in [2.45, 2.75) is 5.92 Å². The minimum Gasteiger partial charge on any atom is -0.716 e. The van der Waals surface area contributed by atoms with E-state index in [4.69, 9.17) is 0 Å². The van der Waals surface area contributed by atoms with Crippen LogP contribution in [0.2, 0.25) is 0 Å². The number of nitrogens with zero attached hydrogens (tertiary/aromatic N) is 1. The first-order chi connectivity index (χ1) is 13.6. The minimum atomic E-state index is -4.89. The van der Waals surface area contributed by atoms with Crippen molar-refractivity contribution in [3.8, 4) is 11.5 Å². The molecule has 0 unspecified atom stereocenters. The fourth-order valence-corrected chi connectivity index (χ4v) is 3.44. The van der Waals surface area contributed by atoms with Crippen molar-refractivity contribution in [1.29, 1.82) is 0 Å². The Bertz CT molecular complexity index is 1110. The van der Waals surface area contributed by atoms with Gasteiger partial charge in [0.05, 0.1) is 11.6 Å². The average Bonchev–Trinajstić information content (AvgIpc) is 2.63. The summed E-state index contributed by atoms with van der Waals surface area (Å²) in [6.07, 6.45) is 1.60. The van der Waals surface area contributed by atoms with Crippen LogP contribution in [0.5, 0.6) is 11.5 Å². The van der Waals surface area contributed by atoms with Crippen molar-refractivity contribution in [2.75, 3.05) is 0 Å². The Kier molecular flexibility index (Phi) is 12.6. The summed E-state index contributed by atoms with van der Waals surface area (Å²) in [5.74, 6) is -0.673. The van der Waals surface area contributed by atoms with Crippen LogP contribution in [-0.2, 0) is 20.8 Å². The topological polar surface area (TPSA) is 177 Å². The maximum Gasteiger partial charge on any atom is 1.00 e. The first-order valence-electron chi connectivity index (χ1n) is 8.02. The summed E-state index contributed by atoms with van der Waals surface area (Å²) >= 11 is 0. The number of pyridine rings is 1. The minimum absolute atomic E-state index is 0. The molecule has 0 atom stereocenters. The third kappa shape index (κ3) is 9.45. The Morgan fingerprint density at radius 1 is 0.688 bits per heavy atom. The summed E-state index contributed by atoms with van der Waals surface area (Å²) in [5, 5.41) is 0. The zero-order valence-electron chi connectivity index (χ0n) is 17.0. The molecule has 10 nitrogen and oxygen atoms in total. The Morgan fingerprint density at radius 2 is 1.09 bits per heavy atom. The van der Waals surface area contributed by atoms with Gasteiger partial charge >= 0.3 is 59.1 Å². The summed E-state index contributed by atoms with van der Waals surface area (Å²) < 4.78 is 73.0. The second-order valence-electron chi connectivity index (χ2n) is 5.81. The molecule has 3 rings (SSSR count). The van der Waals surface area contributed by atoms with Crippen molar-refractivity contribution in [1.82, 2.24) is 4.98 Å². The van der Waals surface area contributed by atoms with Crippen LogP contribution in [0.1, 0.15) is 22.7 Å². The van der Waals surface area contributed by atoms with E-state index in [1.807, 2.05) is 0 Å². The quantitative estimate of drug-likeness (QED) is 0.175. The molecule has 2 N–H and O–H groups in total. The van der Waals surface area contributed by atoms with Gasteiger partial charge in [0, 0.05) is 6.20 Å². The van der Waals surface area contributed by atoms with E-state index in [0.29, 0.717) is 16.8 Å². The molecule has 3 aromatic rings. The van der Waals surface area contributed by atoms with Gasteiger partial charge in [0.15, 0.2) is 0 Å². The number of hydrogen-bond acceptors (Lipinski definition) is 9. The molecule has 2 aromatic carbocycles. The molecule has 0 aliphatic heterocycles. The average molecular weight is 499 g/mol. The molecule has 0 saturated carbocycles. The van der Waals surface area contributed by atoms with Gasteiger partial charge in [-0.05, 0) is 47.5 Å². The van der Waals surface area contributed by atoms with E-state index >= 15 is 0 Å². The van der Waals surface area contributed by atoms with E-state index in [0.717, 1.165) is 0 Å². The molecule has 0 fully saturated rings. The monoisotopic (exact) mass is 499 g/mol. The van der Waals surface area contributed by atoms with Crippen LogP contribution in [0.3, 0.4) is 0 Å². The van der Waals surface area contributed by atoms with E-state index in [1.165, 1.54) is 24.3 Å². The third-order valence-electron chi connectivity index (χ3n) is 3.81. The van der Waals surface area contributed by atoms with Gasteiger partial charge in [-0.15, -0.1) is 0 Å². The molecule has 0 aliphatic carbocycles. The van der Waals surface area contributed by atoms with Gasteiger partial charge in [-0.1, -0.05) is 30.3 Å². The van der Waals surface area contributed by atoms with E-state index in [-0.39, 0.29) is 76.1 Å². The van der Waals surface area contributed by atoms with Crippen molar-refractivity contribution in [3.63, 3.8) is 0 Å². The van der Waals surface area contributed by atoms with Crippen LogP contribution in [0.15, 0.2) is 72.9 Å². The number of hydrogen-bond donors (Lipinski definition) is 0. The molecule has 0 radical (unpaired) electrons. The number of rotatable bonds is 7. The summed E-state index contributed by atoms with van der Waals surface area (Å²) in [5.41, 5.74) is 2.05. The van der Waals surface area contributed by atoms with Crippen LogP contribution >= 0.6 is 0 Å². The summed E-state index contributed by atoms with van der Waals surface area (Å²) in [6.45, 7) is 0. The van der Waals surface area contributed by atoms with Crippen molar-refractivity contribution in [2.24, 2.45) is 0 Å². The predicted octanol–water partition coefficient (Wildman–Crippen LogP) is -4.88. The van der Waals surface area contributed by atoms with Gasteiger partial charge in [-0.3, -0.25) is 4.98 Å². The molecule has 0 spiro atoms. The van der Waals surface area contributed by atoms with Gasteiger partial charge in [-0.25, -0.2) is 16.8 Å². The first kappa shape index (κ1) is 31.0. The van der Waals surface area contributed by atoms with E-state index in [2.05, 4.69) is 13.4 Å². The summed E-state index contributed by atoms with van der Waals surface area (Å²) in [7, 11) is -9.77. The maximum atomic E-state index is 10.7. The standard InChI is InChI=1S/C18H15NO8S2.2Na.H2O/c20-28(21,22)26-15-8-4-13(5-9-15)18(17-3-1-2-12-19-17)14-6-10-16(11-7-14)27-29(23,24)25;;;/h1-12,18H,(H,20,21,22)(H,23,24,25);;;1H2/q;2*+1;/p-2. The smallest absolute Gasteiger partial charge is 0.716 e. The van der Waals surface area contributed by atoms with Crippen molar-refractivity contribution in [3.05, 3.63) is 89.7 Å². The van der Waals surface area contributed by atoms with Crippen LogP contribution < -0.4 is 67.5 Å². The molecule has 32 heavy (non-hydrogen) atoms. The fraction of sp³-hybridized carbons (Fsp3) is 0.0556. The maximum absolute atomic E-state index is 10.7. The number of benzene rings is 2. The van der Waals surface area contributed by atoms with Crippen molar-refractivity contribution >= 4 is 20.8 Å². The second-order valence-corrected chi connectivity index (χ2v) is 7.78. The van der Waals surface area contributed by atoms with E-state index in [9.17, 15) is 25.9 Å². The molecule has 160 valence electrons. The molecule has 0 aliphatic rings. The SMILES string of the molecule is O.O=S(=O)([O-])Oc1ccc(C(c2ccc(OS(=O)(=O)[O-])cc2)c2ccccn2)cc1.[Na+].[Na+]. The molecule has 0 bridgehead atoms. The molecule has 14 heteroatoms. The normalized spacial score (nSPS) is 10.8. The van der Waals surface area contributed by atoms with Crippen molar-refractivity contribution < 1.29 is 98.9 Å². The zero-order chi connectivity index (χ0) is 21.1. The molecule has 1 aromatic heterocycles. The zero-order valence-corrected chi connectivity index (χ0v) is 22.7. The number of aromatic nitrogens is 1. The second kappa shape index (κ2) is 13.0. The molecular weight excluding hydrogens is 484 g/mol. The Labute approximate surface area is 229 Å². The van der Waals surface area contributed by atoms with Crippen LogP contribution in [0.4, 0.5) is 0 Å². The van der Waals surface area contributed by atoms with Gasteiger partial charge in [0.2, 0.25) is 0 Å². The molecule has 0 amide bonds. The Balaban J connectivity index is 0.00000320. The Hall–Kier alpha value is -1.03. The van der Waals surface area contributed by atoms with Gasteiger partial charge < -0.3 is 22.9 Å². The summed E-state index contributed by atoms with van der Waals surface area (Å²) in [6, 6.07) is 17.0. The van der Waals surface area contributed by atoms with E-state index < -0.39 is 26.7 Å². The van der Waals surface area contributed by atoms with Crippen LogP contribution in [-0.4, -0.2) is 36.4 Å². The Morgan fingerprint density at radius 3 is 1.41 bits per heavy atom. The van der Waals surface area contributed by atoms with Crippen LogP contribution in [0.25, 0.3) is 0 Å². The summed E-state index contributed by atoms with van der Waals surface area (Å²) in [4.78, 5) is 4.34. The molecule has 0 saturated heterocycles. The fourth-order valence-electron chi connectivity index (χ4n) is 2.75. The van der Waals surface area contributed by atoms with Crippen LogP contribution in [0, 0.1) is 0 Å². The largest absolute Gasteiger partial charge is 1.00 e. The van der Waals surface area contributed by atoms with Gasteiger partial charge in [0.25, 0.3) is 20.8 Å². The molecular formula is C18H15NNa2O9S2.